The first-order valence-corrected chi connectivity index (χ1v) is 5.61. The van der Waals surface area contributed by atoms with Crippen LogP contribution in [0.2, 0.25) is 0 Å². The fourth-order valence-electron chi connectivity index (χ4n) is 2.17. The van der Waals surface area contributed by atoms with Crippen molar-refractivity contribution >= 4 is 0 Å². The van der Waals surface area contributed by atoms with Gasteiger partial charge in [-0.15, -0.1) is 0 Å². The molecule has 0 aromatic heterocycles. The third-order valence-electron chi connectivity index (χ3n) is 3.00. The van der Waals surface area contributed by atoms with Crippen LogP contribution < -0.4 is 5.32 Å². The van der Waals surface area contributed by atoms with Gasteiger partial charge in [-0.1, -0.05) is 6.42 Å². The first-order chi connectivity index (χ1) is 7.66. The topological polar surface area (TPSA) is 72.7 Å². The van der Waals surface area contributed by atoms with Gasteiger partial charge < -0.3 is 20.6 Å². The van der Waals surface area contributed by atoms with E-state index in [1.54, 1.807) is 0 Å². The smallest absolute Gasteiger partial charge is 0.119 e. The normalized spacial score (nSPS) is 22.9. The van der Waals surface area contributed by atoms with Crippen LogP contribution in [0.3, 0.4) is 0 Å². The van der Waals surface area contributed by atoms with Crippen molar-refractivity contribution in [3.05, 3.63) is 23.8 Å². The van der Waals surface area contributed by atoms with Gasteiger partial charge >= 0.3 is 0 Å². The van der Waals surface area contributed by atoms with Crippen LogP contribution in [0.1, 0.15) is 30.9 Å². The summed E-state index contributed by atoms with van der Waals surface area (Å²) >= 11 is 0. The van der Waals surface area contributed by atoms with E-state index in [2.05, 4.69) is 5.32 Å². The van der Waals surface area contributed by atoms with Crippen molar-refractivity contribution in [2.75, 3.05) is 6.54 Å². The Morgan fingerprint density at radius 3 is 2.38 bits per heavy atom. The van der Waals surface area contributed by atoms with Crippen molar-refractivity contribution in [2.24, 2.45) is 0 Å². The highest BCUT2D eigenvalue weighted by atomic mass is 16.3. The average molecular weight is 223 g/mol. The number of aliphatic hydroxyl groups excluding tert-OH is 1. The van der Waals surface area contributed by atoms with Crippen molar-refractivity contribution in [1.29, 1.82) is 0 Å². The molecular weight excluding hydrogens is 206 g/mol. The highest BCUT2D eigenvalue weighted by molar-refractivity contribution is 5.38. The number of rotatable bonds is 2. The monoisotopic (exact) mass is 223 g/mol. The van der Waals surface area contributed by atoms with Gasteiger partial charge in [-0.25, -0.2) is 0 Å². The van der Waals surface area contributed by atoms with Gasteiger partial charge in [0.25, 0.3) is 0 Å². The third-order valence-corrected chi connectivity index (χ3v) is 3.00. The Morgan fingerprint density at radius 1 is 1.12 bits per heavy atom. The molecule has 0 unspecified atom stereocenters. The maximum Gasteiger partial charge on any atom is 0.119 e. The fourth-order valence-corrected chi connectivity index (χ4v) is 2.17. The number of hydrogen-bond donors (Lipinski definition) is 4. The van der Waals surface area contributed by atoms with E-state index in [9.17, 15) is 15.3 Å². The Morgan fingerprint density at radius 2 is 1.81 bits per heavy atom. The molecule has 1 fully saturated rings. The quantitative estimate of drug-likeness (QED) is 0.609. The number of piperidine rings is 1. The average Bonchev–Trinajstić information content (AvgIpc) is 2.28. The summed E-state index contributed by atoms with van der Waals surface area (Å²) in [4.78, 5) is 0. The molecule has 2 atom stereocenters. The molecule has 0 aliphatic carbocycles. The van der Waals surface area contributed by atoms with Crippen molar-refractivity contribution in [1.82, 2.24) is 5.32 Å². The van der Waals surface area contributed by atoms with E-state index < -0.39 is 6.10 Å². The summed E-state index contributed by atoms with van der Waals surface area (Å²) in [5, 5.41) is 32.1. The Balaban J connectivity index is 2.15. The number of nitrogens with one attached hydrogen (secondary N) is 1. The number of phenolic OH excluding ortho intramolecular Hbond substituents is 2. The minimum atomic E-state index is -0.682. The Kier molecular flexibility index (Phi) is 3.31. The van der Waals surface area contributed by atoms with E-state index >= 15 is 0 Å². The van der Waals surface area contributed by atoms with Gasteiger partial charge in [0.15, 0.2) is 0 Å². The lowest BCUT2D eigenvalue weighted by Crippen LogP contribution is -2.38. The van der Waals surface area contributed by atoms with Crippen LogP contribution >= 0.6 is 0 Å². The van der Waals surface area contributed by atoms with Gasteiger partial charge in [0.2, 0.25) is 0 Å². The molecule has 0 radical (unpaired) electrons. The minimum absolute atomic E-state index is 0.00921. The van der Waals surface area contributed by atoms with Crippen molar-refractivity contribution in [3.63, 3.8) is 0 Å². The Labute approximate surface area is 94.5 Å². The molecule has 1 aromatic rings. The molecule has 0 amide bonds. The predicted molar refractivity (Wildman–Crippen MR) is 60.4 cm³/mol. The standard InChI is InChI=1S/C12H17NO3/c14-9-5-8(6-10(15)7-9)12(16)11-3-1-2-4-13-11/h5-7,11-16H,1-4H2/t11-,12+/m1/s1. The number of aromatic hydroxyl groups is 2. The van der Waals surface area contributed by atoms with Gasteiger partial charge in [-0.05, 0) is 37.1 Å². The molecule has 0 spiro atoms. The van der Waals surface area contributed by atoms with Gasteiger partial charge in [-0.2, -0.15) is 0 Å². The van der Waals surface area contributed by atoms with Gasteiger partial charge in [0.05, 0.1) is 6.10 Å². The van der Waals surface area contributed by atoms with E-state index in [0.717, 1.165) is 25.8 Å². The summed E-state index contributed by atoms with van der Waals surface area (Å²) < 4.78 is 0. The molecule has 2 rings (SSSR count). The number of benzene rings is 1. The zero-order valence-electron chi connectivity index (χ0n) is 9.06. The molecule has 1 aliphatic heterocycles. The number of aliphatic hydroxyl groups is 1. The highest BCUT2D eigenvalue weighted by Crippen LogP contribution is 2.28. The molecule has 0 bridgehead atoms. The van der Waals surface area contributed by atoms with Crippen LogP contribution in [0.5, 0.6) is 11.5 Å². The van der Waals surface area contributed by atoms with E-state index in [0.29, 0.717) is 5.56 Å². The molecule has 88 valence electrons. The summed E-state index contributed by atoms with van der Waals surface area (Å²) in [6.07, 6.45) is 2.46. The van der Waals surface area contributed by atoms with Crippen LogP contribution in [-0.4, -0.2) is 27.9 Å². The lowest BCUT2D eigenvalue weighted by molar-refractivity contribution is 0.113. The number of hydrogen-bond acceptors (Lipinski definition) is 4. The zero-order chi connectivity index (χ0) is 11.5. The molecule has 1 heterocycles. The SMILES string of the molecule is Oc1cc(O)cc([C@H](O)[C@H]2CCCCN2)c1. The van der Waals surface area contributed by atoms with Gasteiger partial charge in [-0.3, -0.25) is 0 Å². The Bertz CT molecular complexity index is 341. The first kappa shape index (κ1) is 11.2. The largest absolute Gasteiger partial charge is 0.508 e. The minimum Gasteiger partial charge on any atom is -0.508 e. The molecule has 0 saturated carbocycles. The highest BCUT2D eigenvalue weighted by Gasteiger charge is 2.23. The van der Waals surface area contributed by atoms with Crippen molar-refractivity contribution in [2.45, 2.75) is 31.4 Å². The maximum atomic E-state index is 10.1. The Hall–Kier alpha value is -1.26. The van der Waals surface area contributed by atoms with Crippen LogP contribution in [0, 0.1) is 0 Å². The summed E-state index contributed by atoms with van der Waals surface area (Å²) in [5.74, 6) is -0.0466. The van der Waals surface area contributed by atoms with E-state index in [4.69, 9.17) is 0 Å². The van der Waals surface area contributed by atoms with Crippen molar-refractivity contribution in [3.8, 4) is 11.5 Å². The zero-order valence-corrected chi connectivity index (χ0v) is 9.06. The molecule has 4 N–H and O–H groups in total. The lowest BCUT2D eigenvalue weighted by Gasteiger charge is -2.28. The molecule has 1 aliphatic rings. The summed E-state index contributed by atoms with van der Waals surface area (Å²) in [5.41, 5.74) is 0.553. The molecule has 4 heteroatoms. The third kappa shape index (κ3) is 2.46. The number of phenols is 2. The molecular formula is C12H17NO3. The van der Waals surface area contributed by atoms with E-state index in [1.165, 1.54) is 18.2 Å². The van der Waals surface area contributed by atoms with E-state index in [-0.39, 0.29) is 17.5 Å². The van der Waals surface area contributed by atoms with Gasteiger partial charge in [0, 0.05) is 12.1 Å². The molecule has 16 heavy (non-hydrogen) atoms. The fraction of sp³-hybridized carbons (Fsp3) is 0.500. The van der Waals surface area contributed by atoms with Gasteiger partial charge in [0.1, 0.15) is 11.5 Å². The van der Waals surface area contributed by atoms with E-state index in [1.807, 2.05) is 0 Å². The predicted octanol–water partition coefficient (Wildman–Crippen LogP) is 1.27. The van der Waals surface area contributed by atoms with Crippen LogP contribution in [0.15, 0.2) is 18.2 Å². The summed E-state index contributed by atoms with van der Waals surface area (Å²) in [6, 6.07) is 4.24. The summed E-state index contributed by atoms with van der Waals surface area (Å²) in [6.45, 7) is 0.909. The second-order valence-electron chi connectivity index (χ2n) is 4.28. The van der Waals surface area contributed by atoms with Crippen LogP contribution in [0.25, 0.3) is 0 Å². The molecule has 4 nitrogen and oxygen atoms in total. The second kappa shape index (κ2) is 4.72. The maximum absolute atomic E-state index is 10.1. The van der Waals surface area contributed by atoms with Crippen LogP contribution in [0.4, 0.5) is 0 Å². The lowest BCUT2D eigenvalue weighted by atomic mass is 9.95. The molecule has 1 aromatic carbocycles. The van der Waals surface area contributed by atoms with Crippen molar-refractivity contribution < 1.29 is 15.3 Å². The molecule has 1 saturated heterocycles. The first-order valence-electron chi connectivity index (χ1n) is 5.61. The van der Waals surface area contributed by atoms with Crippen LogP contribution in [-0.2, 0) is 0 Å². The second-order valence-corrected chi connectivity index (χ2v) is 4.28. The summed E-state index contributed by atoms with van der Waals surface area (Å²) in [7, 11) is 0.